The minimum atomic E-state index is -0.815. The molecule has 0 radical (unpaired) electrons. The van der Waals surface area contributed by atoms with Gasteiger partial charge in [0.2, 0.25) is 5.88 Å². The molecule has 0 spiro atoms. The number of nitrogens with zero attached hydrogens (tertiary/aromatic N) is 1. The number of methoxy groups -OCH3 is 1. The number of nitrogens with two attached hydrogens (primary N) is 1. The van der Waals surface area contributed by atoms with Crippen molar-refractivity contribution >= 4 is 11.9 Å². The lowest BCUT2D eigenvalue weighted by molar-refractivity contribution is -0.139. The van der Waals surface area contributed by atoms with Gasteiger partial charge in [-0.05, 0) is 37.1 Å². The fraction of sp³-hybridized carbons (Fsp3) is 0.269. The van der Waals surface area contributed by atoms with E-state index in [-0.39, 0.29) is 41.9 Å². The van der Waals surface area contributed by atoms with Gasteiger partial charge in [0.1, 0.15) is 17.4 Å². The highest BCUT2D eigenvalue weighted by Gasteiger charge is 2.36. The number of benzene rings is 2. The second-order valence-electron chi connectivity index (χ2n) is 7.58. The number of amides is 1. The van der Waals surface area contributed by atoms with E-state index in [0.717, 1.165) is 5.56 Å². The van der Waals surface area contributed by atoms with Crippen LogP contribution in [0, 0.1) is 11.3 Å². The van der Waals surface area contributed by atoms with E-state index in [1.165, 1.54) is 7.11 Å². The van der Waals surface area contributed by atoms with E-state index < -0.39 is 11.9 Å². The van der Waals surface area contributed by atoms with Gasteiger partial charge in [0, 0.05) is 6.54 Å². The number of esters is 1. The predicted octanol–water partition coefficient (Wildman–Crippen LogP) is 3.04. The highest BCUT2D eigenvalue weighted by molar-refractivity contribution is 5.92. The summed E-state index contributed by atoms with van der Waals surface area (Å²) in [5, 5.41) is 12.5. The molecule has 0 saturated carbocycles. The molecule has 2 aromatic rings. The van der Waals surface area contributed by atoms with Gasteiger partial charge >= 0.3 is 5.97 Å². The molecular weight excluding hydrogens is 450 g/mol. The van der Waals surface area contributed by atoms with Crippen molar-refractivity contribution in [2.24, 2.45) is 5.73 Å². The molecule has 3 rings (SSSR count). The van der Waals surface area contributed by atoms with Crippen LogP contribution in [-0.2, 0) is 25.6 Å². The maximum Gasteiger partial charge on any atom is 0.338 e. The molecule has 9 nitrogen and oxygen atoms in total. The van der Waals surface area contributed by atoms with E-state index in [0.29, 0.717) is 23.6 Å². The SMILES string of the molecule is CCOC(=O)C1=C(C)OC(N)=C(C#N)C1c1ccc(OCC(=O)NCc2ccccc2)c(OC)c1. The maximum absolute atomic E-state index is 12.7. The first-order valence-electron chi connectivity index (χ1n) is 11.0. The number of nitriles is 1. The molecule has 1 unspecified atom stereocenters. The Morgan fingerprint density at radius 2 is 1.91 bits per heavy atom. The van der Waals surface area contributed by atoms with E-state index in [1.807, 2.05) is 36.4 Å². The molecule has 1 amide bonds. The summed E-state index contributed by atoms with van der Waals surface area (Å²) in [5.74, 6) is -0.907. The minimum Gasteiger partial charge on any atom is -0.493 e. The van der Waals surface area contributed by atoms with Gasteiger partial charge in [-0.3, -0.25) is 4.79 Å². The van der Waals surface area contributed by atoms with Gasteiger partial charge in [-0.15, -0.1) is 0 Å². The van der Waals surface area contributed by atoms with Gasteiger partial charge in [-0.2, -0.15) is 5.26 Å². The molecule has 182 valence electrons. The van der Waals surface area contributed by atoms with Crippen LogP contribution in [0.5, 0.6) is 11.5 Å². The monoisotopic (exact) mass is 477 g/mol. The Labute approximate surface area is 203 Å². The van der Waals surface area contributed by atoms with E-state index in [2.05, 4.69) is 5.32 Å². The van der Waals surface area contributed by atoms with Crippen molar-refractivity contribution in [3.05, 3.63) is 82.4 Å². The predicted molar refractivity (Wildman–Crippen MR) is 127 cm³/mol. The van der Waals surface area contributed by atoms with Crippen molar-refractivity contribution in [2.45, 2.75) is 26.3 Å². The summed E-state index contributed by atoms with van der Waals surface area (Å²) in [5.41, 5.74) is 7.72. The lowest BCUT2D eigenvalue weighted by Crippen LogP contribution is -2.28. The highest BCUT2D eigenvalue weighted by Crippen LogP contribution is 2.42. The zero-order valence-electron chi connectivity index (χ0n) is 19.8. The fourth-order valence-corrected chi connectivity index (χ4v) is 3.66. The molecule has 1 aliphatic heterocycles. The normalized spacial score (nSPS) is 15.1. The van der Waals surface area contributed by atoms with Crippen molar-refractivity contribution in [1.82, 2.24) is 5.32 Å². The second kappa shape index (κ2) is 11.6. The number of allylic oxidation sites excluding steroid dienone is 2. The van der Waals surface area contributed by atoms with Crippen molar-refractivity contribution in [3.63, 3.8) is 0 Å². The molecule has 0 aliphatic carbocycles. The number of carbonyl (C=O) groups is 2. The van der Waals surface area contributed by atoms with Gasteiger partial charge in [0.25, 0.3) is 5.91 Å². The van der Waals surface area contributed by atoms with Crippen LogP contribution < -0.4 is 20.5 Å². The highest BCUT2D eigenvalue weighted by atomic mass is 16.5. The average molecular weight is 478 g/mol. The molecule has 1 atom stereocenters. The first kappa shape index (κ1) is 25.2. The van der Waals surface area contributed by atoms with Crippen LogP contribution in [0.3, 0.4) is 0 Å². The number of nitrogens with one attached hydrogen (secondary N) is 1. The molecule has 2 aromatic carbocycles. The Balaban J connectivity index is 1.81. The first-order chi connectivity index (χ1) is 16.9. The molecule has 0 saturated heterocycles. The summed E-state index contributed by atoms with van der Waals surface area (Å²) in [4.78, 5) is 24.9. The molecule has 1 heterocycles. The lowest BCUT2D eigenvalue weighted by atomic mass is 9.83. The minimum absolute atomic E-state index is 0.0784. The molecule has 9 heteroatoms. The molecule has 35 heavy (non-hydrogen) atoms. The standard InChI is InChI=1S/C26H27N3O6/c1-4-33-26(31)23-16(2)35-25(28)19(13-27)24(23)18-10-11-20(21(12-18)32-3)34-15-22(30)29-14-17-8-6-5-7-9-17/h5-12,24H,4,14-15,28H2,1-3H3,(H,29,30). The third-order valence-electron chi connectivity index (χ3n) is 5.31. The van der Waals surface area contributed by atoms with E-state index in [4.69, 9.17) is 24.7 Å². The van der Waals surface area contributed by atoms with Crippen molar-refractivity contribution in [3.8, 4) is 17.6 Å². The van der Waals surface area contributed by atoms with E-state index in [9.17, 15) is 14.9 Å². The molecule has 0 bridgehead atoms. The van der Waals surface area contributed by atoms with Gasteiger partial charge < -0.3 is 30.0 Å². The molecule has 0 aromatic heterocycles. The zero-order valence-corrected chi connectivity index (χ0v) is 19.8. The fourth-order valence-electron chi connectivity index (χ4n) is 3.66. The first-order valence-corrected chi connectivity index (χ1v) is 11.0. The lowest BCUT2D eigenvalue weighted by Gasteiger charge is -2.27. The average Bonchev–Trinajstić information content (AvgIpc) is 2.86. The van der Waals surface area contributed by atoms with Gasteiger partial charge in [0.15, 0.2) is 18.1 Å². The van der Waals surface area contributed by atoms with Crippen LogP contribution >= 0.6 is 0 Å². The molecular formula is C26H27N3O6. The van der Waals surface area contributed by atoms with Crippen LogP contribution in [0.2, 0.25) is 0 Å². The summed E-state index contributed by atoms with van der Waals surface area (Å²) >= 11 is 0. The molecule has 1 aliphatic rings. The molecule has 0 fully saturated rings. The second-order valence-corrected chi connectivity index (χ2v) is 7.58. The Hall–Kier alpha value is -4.45. The number of hydrogen-bond donors (Lipinski definition) is 2. The van der Waals surface area contributed by atoms with Gasteiger partial charge in [0.05, 0.1) is 25.2 Å². The third-order valence-corrected chi connectivity index (χ3v) is 5.31. The van der Waals surface area contributed by atoms with Crippen LogP contribution in [0.15, 0.2) is 71.3 Å². The molecule has 3 N–H and O–H groups in total. The van der Waals surface area contributed by atoms with E-state index >= 15 is 0 Å². The number of ether oxygens (including phenoxy) is 4. The van der Waals surface area contributed by atoms with E-state index in [1.54, 1.807) is 32.0 Å². The smallest absolute Gasteiger partial charge is 0.338 e. The Morgan fingerprint density at radius 3 is 2.57 bits per heavy atom. The van der Waals surface area contributed by atoms with Crippen LogP contribution in [0.25, 0.3) is 0 Å². The van der Waals surface area contributed by atoms with Crippen molar-refractivity contribution < 1.29 is 28.5 Å². The van der Waals surface area contributed by atoms with Crippen LogP contribution in [0.1, 0.15) is 30.9 Å². The Bertz CT molecular complexity index is 1200. The van der Waals surface area contributed by atoms with Crippen molar-refractivity contribution in [2.75, 3.05) is 20.3 Å². The zero-order chi connectivity index (χ0) is 25.4. The Kier molecular flexibility index (Phi) is 8.35. The Morgan fingerprint density at radius 1 is 1.17 bits per heavy atom. The van der Waals surface area contributed by atoms with Crippen molar-refractivity contribution in [1.29, 1.82) is 5.26 Å². The summed E-state index contributed by atoms with van der Waals surface area (Å²) < 4.78 is 21.7. The summed E-state index contributed by atoms with van der Waals surface area (Å²) in [7, 11) is 1.45. The van der Waals surface area contributed by atoms with Crippen LogP contribution in [-0.4, -0.2) is 32.2 Å². The van der Waals surface area contributed by atoms with Crippen LogP contribution in [0.4, 0.5) is 0 Å². The number of rotatable bonds is 9. The van der Waals surface area contributed by atoms with Gasteiger partial charge in [-0.1, -0.05) is 36.4 Å². The largest absolute Gasteiger partial charge is 0.493 e. The maximum atomic E-state index is 12.7. The quantitative estimate of drug-likeness (QED) is 0.527. The third kappa shape index (κ3) is 5.92. The topological polar surface area (TPSA) is 133 Å². The number of hydrogen-bond acceptors (Lipinski definition) is 8. The van der Waals surface area contributed by atoms with Gasteiger partial charge in [-0.25, -0.2) is 4.79 Å². The summed E-state index contributed by atoms with van der Waals surface area (Å²) in [6.07, 6.45) is 0. The summed E-state index contributed by atoms with van der Waals surface area (Å²) in [6.45, 7) is 3.60. The number of carbonyl (C=O) groups excluding carboxylic acids is 2. The summed E-state index contributed by atoms with van der Waals surface area (Å²) in [6, 6.07) is 16.5.